The normalized spacial score (nSPS) is 10.5. The summed E-state index contributed by atoms with van der Waals surface area (Å²) in [4.78, 5) is 21.8. The summed E-state index contributed by atoms with van der Waals surface area (Å²) >= 11 is 0. The van der Waals surface area contributed by atoms with Crippen LogP contribution in [0.15, 0.2) is 67.0 Å². The Morgan fingerprint density at radius 3 is 2.27 bits per heavy atom. The number of phenolic OH excluding ortho intramolecular Hbond substituents is 2. The first kappa shape index (κ1) is 17.1. The minimum atomic E-state index is -0.488. The Labute approximate surface area is 146 Å². The van der Waals surface area contributed by atoms with Crippen LogP contribution in [-0.4, -0.2) is 10.2 Å². The Morgan fingerprint density at radius 1 is 0.808 bits per heavy atom. The number of benzene rings is 2. The Balaban J connectivity index is 0.000000151. The van der Waals surface area contributed by atoms with E-state index in [1.807, 2.05) is 13.0 Å². The van der Waals surface area contributed by atoms with E-state index < -0.39 is 5.63 Å². The molecule has 4 rings (SSSR count). The second-order valence-electron chi connectivity index (χ2n) is 5.64. The van der Waals surface area contributed by atoms with E-state index >= 15 is 0 Å². The maximum atomic E-state index is 11.0. The van der Waals surface area contributed by atoms with Crippen molar-refractivity contribution in [2.45, 2.75) is 6.92 Å². The van der Waals surface area contributed by atoms with Crippen molar-refractivity contribution in [1.82, 2.24) is 0 Å². The Kier molecular flexibility index (Phi) is 4.36. The molecule has 0 atom stereocenters. The van der Waals surface area contributed by atoms with Crippen molar-refractivity contribution >= 4 is 27.6 Å². The quantitative estimate of drug-likeness (QED) is 0.252. The lowest BCUT2D eigenvalue weighted by molar-refractivity contribution is 0.403. The molecule has 7 heteroatoms. The second-order valence-corrected chi connectivity index (χ2v) is 5.64. The van der Waals surface area contributed by atoms with E-state index in [0.717, 1.165) is 10.9 Å². The topological polar surface area (TPSA) is 127 Å². The number of aromatic hydroxyl groups is 2. The largest absolute Gasteiger partial charge is 0.504 e. The lowest BCUT2D eigenvalue weighted by atomic mass is 10.1. The number of nitrogens with two attached hydrogens (primary N) is 1. The molecule has 0 saturated carbocycles. The van der Waals surface area contributed by atoms with Gasteiger partial charge in [0.2, 0.25) is 0 Å². The molecule has 0 radical (unpaired) electrons. The maximum Gasteiger partial charge on any atom is 0.336 e. The molecule has 2 aromatic carbocycles. The third kappa shape index (κ3) is 3.51. The van der Waals surface area contributed by atoms with Crippen molar-refractivity contribution in [3.63, 3.8) is 0 Å². The summed E-state index contributed by atoms with van der Waals surface area (Å²) in [6, 6.07) is 12.1. The summed E-state index contributed by atoms with van der Waals surface area (Å²) in [5.74, 6) is -0.539. The summed E-state index contributed by atoms with van der Waals surface area (Å²) in [7, 11) is 0. The number of rotatable bonds is 0. The highest BCUT2D eigenvalue weighted by Crippen LogP contribution is 2.29. The lowest BCUT2D eigenvalue weighted by Gasteiger charge is -2.00. The van der Waals surface area contributed by atoms with E-state index in [2.05, 4.69) is 0 Å². The zero-order valence-electron chi connectivity index (χ0n) is 13.7. The van der Waals surface area contributed by atoms with Gasteiger partial charge < -0.3 is 24.8 Å². The predicted octanol–water partition coefficient (Wildman–Crippen LogP) is 2.89. The van der Waals surface area contributed by atoms with E-state index in [0.29, 0.717) is 16.7 Å². The smallest absolute Gasteiger partial charge is 0.336 e. The molecule has 2 heterocycles. The van der Waals surface area contributed by atoms with Gasteiger partial charge in [-0.1, -0.05) is 0 Å². The van der Waals surface area contributed by atoms with Crippen LogP contribution >= 0.6 is 0 Å². The van der Waals surface area contributed by atoms with Crippen LogP contribution in [0.3, 0.4) is 0 Å². The molecule has 0 fully saturated rings. The summed E-state index contributed by atoms with van der Waals surface area (Å²) in [5, 5.41) is 19.7. The lowest BCUT2D eigenvalue weighted by Crippen LogP contribution is -1.98. The number of nitrogen functional groups attached to an aromatic ring is 1. The van der Waals surface area contributed by atoms with Gasteiger partial charge in [0.1, 0.15) is 11.2 Å². The number of phenols is 2. The van der Waals surface area contributed by atoms with Gasteiger partial charge in [-0.05, 0) is 36.8 Å². The number of hydrogen-bond donors (Lipinski definition) is 3. The molecule has 132 valence electrons. The van der Waals surface area contributed by atoms with Crippen LogP contribution in [0, 0.1) is 6.92 Å². The molecule has 0 aliphatic carbocycles. The molecule has 4 aromatic rings. The molecule has 0 saturated heterocycles. The van der Waals surface area contributed by atoms with E-state index in [4.69, 9.17) is 24.8 Å². The number of anilines is 1. The summed E-state index contributed by atoms with van der Waals surface area (Å²) in [5.41, 5.74) is 7.04. The average Bonchev–Trinajstić information content (AvgIpc) is 2.56. The molecule has 0 spiro atoms. The van der Waals surface area contributed by atoms with Crippen LogP contribution in [0.2, 0.25) is 0 Å². The first-order chi connectivity index (χ1) is 12.3. The van der Waals surface area contributed by atoms with Crippen molar-refractivity contribution in [3.05, 3.63) is 74.9 Å². The molecule has 26 heavy (non-hydrogen) atoms. The van der Waals surface area contributed by atoms with Crippen LogP contribution in [0.1, 0.15) is 5.56 Å². The third-order valence-corrected chi connectivity index (χ3v) is 3.69. The highest BCUT2D eigenvalue weighted by Gasteiger charge is 2.03. The fourth-order valence-electron chi connectivity index (χ4n) is 2.43. The van der Waals surface area contributed by atoms with Gasteiger partial charge in [0.25, 0.3) is 0 Å². The molecule has 0 amide bonds. The molecule has 0 bridgehead atoms. The maximum absolute atomic E-state index is 11.0. The third-order valence-electron chi connectivity index (χ3n) is 3.69. The van der Waals surface area contributed by atoms with Crippen molar-refractivity contribution in [1.29, 1.82) is 0 Å². The fourth-order valence-corrected chi connectivity index (χ4v) is 2.43. The summed E-state index contributed by atoms with van der Waals surface area (Å²) < 4.78 is 9.76. The summed E-state index contributed by atoms with van der Waals surface area (Å²) in [6.45, 7) is 1.87. The van der Waals surface area contributed by atoms with E-state index in [9.17, 15) is 9.59 Å². The minimum absolute atomic E-state index is 0.235. The number of fused-ring (bicyclic) bond motifs is 2. The average molecular weight is 353 g/mol. The molecule has 0 aliphatic rings. The van der Waals surface area contributed by atoms with Gasteiger partial charge in [-0.3, -0.25) is 0 Å². The summed E-state index contributed by atoms with van der Waals surface area (Å²) in [6.07, 6.45) is 0. The minimum Gasteiger partial charge on any atom is -0.504 e. The standard InChI is InChI=1S/C10H9NO2.C9H6O4/c1-6-4-10(12)13-9-5-7(11)2-3-8(6)9;10-6-3-5-1-2-9(12)13-8(5)4-7(6)11/h2-5H,11H2,1H3;1-4,10-11H. The van der Waals surface area contributed by atoms with Gasteiger partial charge in [0, 0.05) is 40.7 Å². The zero-order valence-corrected chi connectivity index (χ0v) is 13.7. The van der Waals surface area contributed by atoms with E-state index in [-0.39, 0.29) is 22.7 Å². The molecular formula is C19H15NO6. The van der Waals surface area contributed by atoms with Gasteiger partial charge >= 0.3 is 11.3 Å². The van der Waals surface area contributed by atoms with Crippen LogP contribution in [0.4, 0.5) is 5.69 Å². The van der Waals surface area contributed by atoms with Gasteiger partial charge in [-0.25, -0.2) is 9.59 Å². The van der Waals surface area contributed by atoms with Crippen molar-refractivity contribution in [2.75, 3.05) is 5.73 Å². The first-order valence-electron chi connectivity index (χ1n) is 7.59. The Morgan fingerprint density at radius 2 is 1.50 bits per heavy atom. The predicted molar refractivity (Wildman–Crippen MR) is 97.4 cm³/mol. The second kappa shape index (κ2) is 6.64. The zero-order chi connectivity index (χ0) is 18.8. The van der Waals surface area contributed by atoms with Gasteiger partial charge in [0.05, 0.1) is 0 Å². The molecule has 7 nitrogen and oxygen atoms in total. The van der Waals surface area contributed by atoms with E-state index in [1.54, 1.807) is 12.1 Å². The van der Waals surface area contributed by atoms with Gasteiger partial charge in [-0.2, -0.15) is 0 Å². The number of hydrogen-bond acceptors (Lipinski definition) is 7. The molecule has 2 aromatic heterocycles. The van der Waals surface area contributed by atoms with Crippen molar-refractivity contribution in [2.24, 2.45) is 0 Å². The Hall–Kier alpha value is -3.74. The van der Waals surface area contributed by atoms with E-state index in [1.165, 1.54) is 30.3 Å². The van der Waals surface area contributed by atoms with Crippen molar-refractivity contribution < 1.29 is 19.0 Å². The highest BCUT2D eigenvalue weighted by molar-refractivity contribution is 5.82. The number of aryl methyl sites for hydroxylation is 1. The van der Waals surface area contributed by atoms with Crippen LogP contribution in [-0.2, 0) is 0 Å². The molecular weight excluding hydrogens is 338 g/mol. The molecule has 0 aliphatic heterocycles. The van der Waals surface area contributed by atoms with Crippen molar-refractivity contribution in [3.8, 4) is 11.5 Å². The monoisotopic (exact) mass is 353 g/mol. The fraction of sp³-hybridized carbons (Fsp3) is 0.0526. The molecule has 0 unspecified atom stereocenters. The Bertz CT molecular complexity index is 1220. The first-order valence-corrected chi connectivity index (χ1v) is 7.59. The highest BCUT2D eigenvalue weighted by atomic mass is 16.4. The molecule has 4 N–H and O–H groups in total. The SMILES string of the molecule is Cc1cc(=O)oc2cc(N)ccc12.O=c1ccc2cc(O)c(O)cc2o1. The van der Waals surface area contributed by atoms with Gasteiger partial charge in [-0.15, -0.1) is 0 Å². The van der Waals surface area contributed by atoms with Crippen LogP contribution in [0.5, 0.6) is 11.5 Å². The van der Waals surface area contributed by atoms with Crippen LogP contribution < -0.4 is 17.0 Å². The van der Waals surface area contributed by atoms with Gasteiger partial charge in [0.15, 0.2) is 11.5 Å². The van der Waals surface area contributed by atoms with Crippen LogP contribution in [0.25, 0.3) is 21.9 Å².